The molecule has 0 radical (unpaired) electrons. The summed E-state index contributed by atoms with van der Waals surface area (Å²) in [6, 6.07) is 12.1. The summed E-state index contributed by atoms with van der Waals surface area (Å²) >= 11 is 3.79. The molecule has 4 aromatic rings. The summed E-state index contributed by atoms with van der Waals surface area (Å²) in [5.41, 5.74) is 3.17. The summed E-state index contributed by atoms with van der Waals surface area (Å²) in [4.78, 5) is 18.4. The number of anilines is 1. The third-order valence-corrected chi connectivity index (χ3v) is 6.15. The third kappa shape index (κ3) is 2.83. The maximum atomic E-state index is 13.0. The molecule has 1 N–H and O–H groups in total. The summed E-state index contributed by atoms with van der Waals surface area (Å²) in [5.74, 6) is 0. The van der Waals surface area contributed by atoms with Crippen LogP contribution in [0.2, 0.25) is 0 Å². The fraction of sp³-hybridized carbons (Fsp3) is 0.158. The van der Waals surface area contributed by atoms with Gasteiger partial charge in [0.15, 0.2) is 0 Å². The average Bonchev–Trinajstić information content (AvgIpc) is 3.03. The minimum Gasteiger partial charge on any atom is -0.385 e. The molecule has 0 saturated heterocycles. The Bertz CT molecular complexity index is 1120. The van der Waals surface area contributed by atoms with Crippen molar-refractivity contribution in [2.45, 2.75) is 11.4 Å². The molecule has 25 heavy (non-hydrogen) atoms. The highest BCUT2D eigenvalue weighted by atomic mass is 127. The second kappa shape index (κ2) is 6.76. The van der Waals surface area contributed by atoms with Crippen LogP contribution in [0.3, 0.4) is 0 Å². The van der Waals surface area contributed by atoms with Crippen molar-refractivity contribution in [3.63, 3.8) is 0 Å². The maximum Gasteiger partial charge on any atom is 0.273 e. The number of halogens is 1. The van der Waals surface area contributed by atoms with Gasteiger partial charge in [-0.3, -0.25) is 9.36 Å². The largest absolute Gasteiger partial charge is 0.385 e. The van der Waals surface area contributed by atoms with E-state index in [0.717, 1.165) is 42.6 Å². The monoisotopic (exact) mass is 461 g/mol. The van der Waals surface area contributed by atoms with Gasteiger partial charge in [0.1, 0.15) is 9.53 Å². The van der Waals surface area contributed by atoms with Crippen molar-refractivity contribution in [2.24, 2.45) is 0 Å². The molecule has 1 aromatic carbocycles. The van der Waals surface area contributed by atoms with Gasteiger partial charge in [0.2, 0.25) is 0 Å². The van der Waals surface area contributed by atoms with Crippen molar-refractivity contribution in [1.29, 1.82) is 0 Å². The van der Waals surface area contributed by atoms with E-state index in [1.54, 1.807) is 10.8 Å². The van der Waals surface area contributed by atoms with Crippen molar-refractivity contribution in [3.05, 3.63) is 64.7 Å². The van der Waals surface area contributed by atoms with E-state index in [-0.39, 0.29) is 5.56 Å². The molecule has 0 bridgehead atoms. The highest BCUT2D eigenvalue weighted by Gasteiger charge is 2.14. The van der Waals surface area contributed by atoms with Crippen LogP contribution in [0.5, 0.6) is 0 Å². The molecule has 3 heterocycles. The van der Waals surface area contributed by atoms with E-state index in [4.69, 9.17) is 0 Å². The first-order valence-electron chi connectivity index (χ1n) is 8.05. The van der Waals surface area contributed by atoms with Gasteiger partial charge in [0, 0.05) is 45.5 Å². The van der Waals surface area contributed by atoms with Gasteiger partial charge in [-0.15, -0.1) is 11.3 Å². The maximum absolute atomic E-state index is 13.0. The van der Waals surface area contributed by atoms with Crippen molar-refractivity contribution < 1.29 is 0 Å². The van der Waals surface area contributed by atoms with Gasteiger partial charge >= 0.3 is 0 Å². The molecule has 0 aliphatic heterocycles. The number of nitrogens with zero attached hydrogens (tertiary/aromatic N) is 2. The first-order valence-corrected chi connectivity index (χ1v) is 10.4. The molecule has 0 spiro atoms. The molecular formula is C19H16IN3OS. The Kier molecular flexibility index (Phi) is 4.47. The van der Waals surface area contributed by atoms with Crippen LogP contribution < -0.4 is 10.9 Å². The standard InChI is InChI=1S/C19H16IN3OS/c1-2-21-15-7-9-22-18-16(15)14-8-10-23(19(24)17(14)25-18)13-5-3-12(11-20)4-6-13/h3-10H,2,11H2,1H3,(H,21,22). The first-order chi connectivity index (χ1) is 12.2. The lowest BCUT2D eigenvalue weighted by Crippen LogP contribution is -2.16. The molecule has 4 nitrogen and oxygen atoms in total. The predicted molar refractivity (Wildman–Crippen MR) is 115 cm³/mol. The van der Waals surface area contributed by atoms with Gasteiger partial charge in [-0.05, 0) is 36.8 Å². The van der Waals surface area contributed by atoms with Crippen LogP contribution in [0.25, 0.3) is 26.0 Å². The van der Waals surface area contributed by atoms with E-state index in [0.29, 0.717) is 0 Å². The molecule has 3 aromatic heterocycles. The summed E-state index contributed by atoms with van der Waals surface area (Å²) in [7, 11) is 0. The predicted octanol–water partition coefficient (Wildman–Crippen LogP) is 4.97. The van der Waals surface area contributed by atoms with Crippen molar-refractivity contribution in [3.8, 4) is 5.69 Å². The number of thiophene rings is 1. The van der Waals surface area contributed by atoms with Crippen LogP contribution in [0.1, 0.15) is 12.5 Å². The molecule has 0 unspecified atom stereocenters. The van der Waals surface area contributed by atoms with E-state index in [1.165, 1.54) is 16.9 Å². The van der Waals surface area contributed by atoms with Crippen LogP contribution in [-0.4, -0.2) is 16.1 Å². The Hall–Kier alpha value is -1.93. The number of aromatic nitrogens is 2. The zero-order valence-corrected chi connectivity index (χ0v) is 16.6. The van der Waals surface area contributed by atoms with Crippen LogP contribution >= 0.6 is 33.9 Å². The van der Waals surface area contributed by atoms with Crippen molar-refractivity contribution >= 4 is 59.9 Å². The molecule has 4 rings (SSSR count). The summed E-state index contributed by atoms with van der Waals surface area (Å²) in [6.07, 6.45) is 3.65. The molecule has 0 atom stereocenters. The number of nitrogens with one attached hydrogen (secondary N) is 1. The van der Waals surface area contributed by atoms with Crippen molar-refractivity contribution in [2.75, 3.05) is 11.9 Å². The molecular weight excluding hydrogens is 445 g/mol. The highest BCUT2D eigenvalue weighted by Crippen LogP contribution is 2.35. The van der Waals surface area contributed by atoms with Gasteiger partial charge in [0.25, 0.3) is 5.56 Å². The lowest BCUT2D eigenvalue weighted by Gasteiger charge is -2.07. The number of fused-ring (bicyclic) bond motifs is 3. The van der Waals surface area contributed by atoms with Crippen LogP contribution in [0, 0.1) is 0 Å². The van der Waals surface area contributed by atoms with E-state index in [9.17, 15) is 4.79 Å². The number of pyridine rings is 2. The SMILES string of the molecule is CCNc1ccnc2sc3c(=O)n(-c4ccc(CI)cc4)ccc3c12. The van der Waals surface area contributed by atoms with Crippen LogP contribution in [0.15, 0.2) is 53.6 Å². The van der Waals surface area contributed by atoms with E-state index < -0.39 is 0 Å². The molecule has 126 valence electrons. The van der Waals surface area contributed by atoms with Crippen LogP contribution in [0.4, 0.5) is 5.69 Å². The van der Waals surface area contributed by atoms with Crippen molar-refractivity contribution in [1.82, 2.24) is 9.55 Å². The minimum atomic E-state index is 0.00479. The lowest BCUT2D eigenvalue weighted by atomic mass is 10.2. The fourth-order valence-corrected chi connectivity index (χ4v) is 4.58. The number of hydrogen-bond donors (Lipinski definition) is 1. The van der Waals surface area contributed by atoms with E-state index in [2.05, 4.69) is 51.9 Å². The van der Waals surface area contributed by atoms with E-state index >= 15 is 0 Å². The topological polar surface area (TPSA) is 46.9 Å². The average molecular weight is 461 g/mol. The molecule has 0 fully saturated rings. The number of alkyl halides is 1. The zero-order valence-electron chi connectivity index (χ0n) is 13.6. The molecule has 0 aliphatic carbocycles. The lowest BCUT2D eigenvalue weighted by molar-refractivity contribution is 1.01. The quantitative estimate of drug-likeness (QED) is 0.345. The first kappa shape index (κ1) is 16.5. The second-order valence-corrected chi connectivity index (χ2v) is 7.47. The number of rotatable bonds is 4. The normalized spacial score (nSPS) is 11.3. The Morgan fingerprint density at radius 2 is 2.00 bits per heavy atom. The Morgan fingerprint density at radius 3 is 2.72 bits per heavy atom. The summed E-state index contributed by atoms with van der Waals surface area (Å²) in [5, 5.41) is 5.37. The minimum absolute atomic E-state index is 0.00479. The highest BCUT2D eigenvalue weighted by molar-refractivity contribution is 14.1. The zero-order chi connectivity index (χ0) is 17.4. The molecule has 6 heteroatoms. The summed E-state index contributed by atoms with van der Waals surface area (Å²) < 4.78 is 3.41. The molecule has 0 saturated carbocycles. The second-order valence-electron chi connectivity index (χ2n) is 5.70. The Morgan fingerprint density at radius 1 is 1.20 bits per heavy atom. The molecule has 0 aliphatic rings. The van der Waals surface area contributed by atoms with Gasteiger partial charge in [-0.25, -0.2) is 4.98 Å². The van der Waals surface area contributed by atoms with Gasteiger partial charge in [-0.2, -0.15) is 0 Å². The molecule has 0 amide bonds. The van der Waals surface area contributed by atoms with Crippen LogP contribution in [-0.2, 0) is 4.43 Å². The Balaban J connectivity index is 1.95. The number of benzene rings is 1. The van der Waals surface area contributed by atoms with Gasteiger partial charge < -0.3 is 5.32 Å². The third-order valence-electron chi connectivity index (χ3n) is 4.17. The number of hydrogen-bond acceptors (Lipinski definition) is 4. The van der Waals surface area contributed by atoms with Gasteiger partial charge in [0.05, 0.1) is 0 Å². The van der Waals surface area contributed by atoms with Gasteiger partial charge in [-0.1, -0.05) is 34.7 Å². The fourth-order valence-electron chi connectivity index (χ4n) is 2.98. The van der Waals surface area contributed by atoms with E-state index in [1.807, 2.05) is 30.5 Å². The smallest absolute Gasteiger partial charge is 0.273 e. The Labute approximate surface area is 162 Å². The summed E-state index contributed by atoms with van der Waals surface area (Å²) in [6.45, 7) is 2.89.